The Bertz CT molecular complexity index is 272. The van der Waals surface area contributed by atoms with Gasteiger partial charge >= 0.3 is 5.97 Å². The van der Waals surface area contributed by atoms with Crippen molar-refractivity contribution in [2.75, 3.05) is 6.54 Å². The Hall–Kier alpha value is -0.870. The number of aliphatic carboxylic acids is 1. The third kappa shape index (κ3) is 6.25. The second-order valence-corrected chi connectivity index (χ2v) is 4.49. The number of hydrogen-bond acceptors (Lipinski definition) is 3. The first kappa shape index (κ1) is 12.2. The smallest absolute Gasteiger partial charge is 0.303 e. The molecule has 0 aliphatic rings. The largest absolute Gasteiger partial charge is 0.481 e. The van der Waals surface area contributed by atoms with E-state index in [9.17, 15) is 4.79 Å². The van der Waals surface area contributed by atoms with E-state index >= 15 is 0 Å². The van der Waals surface area contributed by atoms with Crippen molar-refractivity contribution in [2.45, 2.75) is 32.2 Å². The molecule has 15 heavy (non-hydrogen) atoms. The Morgan fingerprint density at radius 1 is 1.40 bits per heavy atom. The van der Waals surface area contributed by atoms with Gasteiger partial charge in [-0.15, -0.1) is 11.3 Å². The molecule has 1 heterocycles. The van der Waals surface area contributed by atoms with Crippen LogP contribution in [0.4, 0.5) is 0 Å². The fraction of sp³-hybridized carbons (Fsp3) is 0.545. The van der Waals surface area contributed by atoms with Gasteiger partial charge in [0.25, 0.3) is 0 Å². The summed E-state index contributed by atoms with van der Waals surface area (Å²) in [6, 6.07) is 4.16. The molecule has 0 spiro atoms. The van der Waals surface area contributed by atoms with Crippen LogP contribution >= 0.6 is 11.3 Å². The summed E-state index contributed by atoms with van der Waals surface area (Å²) < 4.78 is 0. The summed E-state index contributed by atoms with van der Waals surface area (Å²) in [5.41, 5.74) is 0. The normalized spacial score (nSPS) is 10.4. The number of rotatable bonds is 8. The van der Waals surface area contributed by atoms with E-state index in [0.717, 1.165) is 32.4 Å². The summed E-state index contributed by atoms with van der Waals surface area (Å²) in [7, 11) is 0. The van der Waals surface area contributed by atoms with Crippen LogP contribution in [0, 0.1) is 0 Å². The van der Waals surface area contributed by atoms with Crippen LogP contribution in [0.3, 0.4) is 0 Å². The van der Waals surface area contributed by atoms with Crippen molar-refractivity contribution in [2.24, 2.45) is 0 Å². The molecule has 2 N–H and O–H groups in total. The van der Waals surface area contributed by atoms with Crippen molar-refractivity contribution >= 4 is 17.3 Å². The van der Waals surface area contributed by atoms with Crippen LogP contribution in [0.1, 0.15) is 30.6 Å². The predicted octanol–water partition coefficient (Wildman–Crippen LogP) is 2.48. The summed E-state index contributed by atoms with van der Waals surface area (Å²) >= 11 is 1.75. The third-order valence-corrected chi connectivity index (χ3v) is 3.00. The number of thiophene rings is 1. The monoisotopic (exact) mass is 227 g/mol. The SMILES string of the molecule is O=C(O)CCCCCNCc1cccs1. The first-order chi connectivity index (χ1) is 7.29. The molecule has 0 radical (unpaired) electrons. The fourth-order valence-corrected chi connectivity index (χ4v) is 2.00. The molecule has 0 bridgehead atoms. The Morgan fingerprint density at radius 3 is 2.93 bits per heavy atom. The van der Waals surface area contributed by atoms with Crippen molar-refractivity contribution in [1.29, 1.82) is 0 Å². The van der Waals surface area contributed by atoms with Crippen molar-refractivity contribution in [3.05, 3.63) is 22.4 Å². The lowest BCUT2D eigenvalue weighted by Crippen LogP contribution is -2.13. The predicted molar refractivity (Wildman–Crippen MR) is 62.1 cm³/mol. The Balaban J connectivity index is 1.87. The van der Waals surface area contributed by atoms with Crippen molar-refractivity contribution in [3.8, 4) is 0 Å². The quantitative estimate of drug-likeness (QED) is 0.671. The third-order valence-electron chi connectivity index (χ3n) is 2.12. The second-order valence-electron chi connectivity index (χ2n) is 3.46. The van der Waals surface area contributed by atoms with Gasteiger partial charge in [0.15, 0.2) is 0 Å². The molecule has 1 aromatic rings. The minimum atomic E-state index is -0.693. The molecular weight excluding hydrogens is 210 g/mol. The van der Waals surface area contributed by atoms with E-state index in [1.165, 1.54) is 4.88 Å². The summed E-state index contributed by atoms with van der Waals surface area (Å²) in [5, 5.41) is 13.8. The highest BCUT2D eigenvalue weighted by Crippen LogP contribution is 2.07. The molecule has 0 amide bonds. The molecule has 0 saturated carbocycles. The van der Waals surface area contributed by atoms with Gasteiger partial charge in [-0.1, -0.05) is 12.5 Å². The van der Waals surface area contributed by atoms with E-state index in [-0.39, 0.29) is 0 Å². The van der Waals surface area contributed by atoms with Gasteiger partial charge in [-0.05, 0) is 30.8 Å². The zero-order valence-electron chi connectivity index (χ0n) is 8.74. The first-order valence-electron chi connectivity index (χ1n) is 5.24. The zero-order chi connectivity index (χ0) is 10.9. The first-order valence-corrected chi connectivity index (χ1v) is 6.12. The van der Waals surface area contributed by atoms with E-state index in [4.69, 9.17) is 5.11 Å². The van der Waals surface area contributed by atoms with Crippen molar-refractivity contribution in [3.63, 3.8) is 0 Å². The standard InChI is InChI=1S/C11H17NO2S/c13-11(14)6-2-1-3-7-12-9-10-5-4-8-15-10/h4-5,8,12H,1-3,6-7,9H2,(H,13,14). The lowest BCUT2D eigenvalue weighted by molar-refractivity contribution is -0.137. The van der Waals surface area contributed by atoms with E-state index in [2.05, 4.69) is 22.8 Å². The highest BCUT2D eigenvalue weighted by Gasteiger charge is 1.96. The number of carboxylic acid groups (broad SMARTS) is 1. The molecule has 0 aromatic carbocycles. The molecule has 0 aliphatic carbocycles. The topological polar surface area (TPSA) is 49.3 Å². The van der Waals surface area contributed by atoms with Gasteiger partial charge in [0.1, 0.15) is 0 Å². The average Bonchev–Trinajstić information content (AvgIpc) is 2.68. The number of hydrogen-bond donors (Lipinski definition) is 2. The maximum absolute atomic E-state index is 10.2. The number of unbranched alkanes of at least 4 members (excludes halogenated alkanes) is 2. The van der Waals surface area contributed by atoms with Crippen LogP contribution in [0.15, 0.2) is 17.5 Å². The minimum absolute atomic E-state index is 0.297. The molecule has 1 aromatic heterocycles. The lowest BCUT2D eigenvalue weighted by atomic mass is 10.2. The van der Waals surface area contributed by atoms with E-state index < -0.39 is 5.97 Å². The molecule has 0 fully saturated rings. The molecule has 0 aliphatic heterocycles. The Kier molecular flexibility index (Phi) is 6.04. The number of carbonyl (C=O) groups is 1. The van der Waals surface area contributed by atoms with Gasteiger partial charge in [-0.3, -0.25) is 4.79 Å². The van der Waals surface area contributed by atoms with Gasteiger partial charge in [0.2, 0.25) is 0 Å². The Labute approximate surface area is 94.1 Å². The summed E-state index contributed by atoms with van der Waals surface area (Å²) in [4.78, 5) is 11.6. The average molecular weight is 227 g/mol. The van der Waals surface area contributed by atoms with Crippen LogP contribution in [-0.2, 0) is 11.3 Å². The number of nitrogens with one attached hydrogen (secondary N) is 1. The molecule has 0 unspecified atom stereocenters. The van der Waals surface area contributed by atoms with E-state index in [1.807, 2.05) is 0 Å². The van der Waals surface area contributed by atoms with Crippen LogP contribution in [0.5, 0.6) is 0 Å². The van der Waals surface area contributed by atoms with Crippen LogP contribution in [0.25, 0.3) is 0 Å². The van der Waals surface area contributed by atoms with Crippen molar-refractivity contribution in [1.82, 2.24) is 5.32 Å². The minimum Gasteiger partial charge on any atom is -0.481 e. The number of carboxylic acids is 1. The van der Waals surface area contributed by atoms with E-state index in [1.54, 1.807) is 11.3 Å². The second kappa shape index (κ2) is 7.43. The molecule has 3 nitrogen and oxygen atoms in total. The Morgan fingerprint density at radius 2 is 2.27 bits per heavy atom. The maximum Gasteiger partial charge on any atom is 0.303 e. The lowest BCUT2D eigenvalue weighted by Gasteiger charge is -2.02. The maximum atomic E-state index is 10.2. The van der Waals surface area contributed by atoms with Crippen molar-refractivity contribution < 1.29 is 9.90 Å². The van der Waals surface area contributed by atoms with Crippen LogP contribution < -0.4 is 5.32 Å². The zero-order valence-corrected chi connectivity index (χ0v) is 9.55. The molecule has 4 heteroatoms. The summed E-state index contributed by atoms with van der Waals surface area (Å²) in [6.07, 6.45) is 3.13. The van der Waals surface area contributed by atoms with Gasteiger partial charge in [-0.25, -0.2) is 0 Å². The van der Waals surface area contributed by atoms with Gasteiger partial charge < -0.3 is 10.4 Å². The van der Waals surface area contributed by atoms with E-state index in [0.29, 0.717) is 6.42 Å². The van der Waals surface area contributed by atoms with Gasteiger partial charge in [0, 0.05) is 17.8 Å². The fourth-order valence-electron chi connectivity index (χ4n) is 1.33. The van der Waals surface area contributed by atoms with Crippen LogP contribution in [0.2, 0.25) is 0 Å². The molecule has 0 saturated heterocycles. The van der Waals surface area contributed by atoms with Gasteiger partial charge in [-0.2, -0.15) is 0 Å². The highest BCUT2D eigenvalue weighted by atomic mass is 32.1. The summed E-state index contributed by atoms with van der Waals surface area (Å²) in [6.45, 7) is 1.90. The molecule has 1 rings (SSSR count). The summed E-state index contributed by atoms with van der Waals surface area (Å²) in [5.74, 6) is -0.693. The molecule has 84 valence electrons. The molecule has 0 atom stereocenters. The van der Waals surface area contributed by atoms with Crippen LogP contribution in [-0.4, -0.2) is 17.6 Å². The highest BCUT2D eigenvalue weighted by molar-refractivity contribution is 7.09. The molecular formula is C11H17NO2S. The van der Waals surface area contributed by atoms with Gasteiger partial charge in [0.05, 0.1) is 0 Å².